The highest BCUT2D eigenvalue weighted by Crippen LogP contribution is 2.61. The van der Waals surface area contributed by atoms with Crippen LogP contribution in [0.4, 0.5) is 11.4 Å². The summed E-state index contributed by atoms with van der Waals surface area (Å²) < 4.78 is 0.846. The first-order chi connectivity index (χ1) is 16.0. The van der Waals surface area contributed by atoms with E-state index >= 15 is 0 Å². The molecular formula is C26H20BrN3O3. The number of benzene rings is 3. The Labute approximate surface area is 198 Å². The summed E-state index contributed by atoms with van der Waals surface area (Å²) in [5.41, 5.74) is 0.961. The molecule has 3 amide bonds. The minimum absolute atomic E-state index is 0.123. The lowest BCUT2D eigenvalue weighted by atomic mass is 9.75. The van der Waals surface area contributed by atoms with Gasteiger partial charge in [0.25, 0.3) is 0 Å². The fourth-order valence-corrected chi connectivity index (χ4v) is 7.18. The molecule has 33 heavy (non-hydrogen) atoms. The van der Waals surface area contributed by atoms with E-state index in [1.165, 1.54) is 4.90 Å². The summed E-state index contributed by atoms with van der Waals surface area (Å²) in [7, 11) is 0. The molecule has 4 aliphatic heterocycles. The minimum Gasteiger partial charge on any atom is -0.324 e. The number of nitrogens with one attached hydrogen (secondary N) is 1. The molecule has 4 atom stereocenters. The molecule has 0 bridgehead atoms. The number of imide groups is 1. The van der Waals surface area contributed by atoms with Crippen LogP contribution in [0, 0.1) is 11.8 Å². The van der Waals surface area contributed by atoms with Crippen molar-refractivity contribution in [2.75, 3.05) is 16.8 Å². The van der Waals surface area contributed by atoms with Gasteiger partial charge < -0.3 is 5.32 Å². The predicted octanol–water partition coefficient (Wildman–Crippen LogP) is 4.03. The molecule has 1 N–H and O–H groups in total. The van der Waals surface area contributed by atoms with Crippen molar-refractivity contribution in [3.05, 3.63) is 70.7 Å². The molecule has 3 aromatic rings. The summed E-state index contributed by atoms with van der Waals surface area (Å²) in [6.07, 6.45) is 1.71. The van der Waals surface area contributed by atoms with Crippen molar-refractivity contribution in [2.24, 2.45) is 11.8 Å². The Morgan fingerprint density at radius 2 is 1.79 bits per heavy atom. The second-order valence-corrected chi connectivity index (χ2v) is 10.2. The van der Waals surface area contributed by atoms with Gasteiger partial charge in [-0.05, 0) is 49.0 Å². The summed E-state index contributed by atoms with van der Waals surface area (Å²) in [5.74, 6) is -1.94. The van der Waals surface area contributed by atoms with Gasteiger partial charge in [-0.25, -0.2) is 4.90 Å². The van der Waals surface area contributed by atoms with Gasteiger partial charge in [0.15, 0.2) is 0 Å². The summed E-state index contributed by atoms with van der Waals surface area (Å²) in [6.45, 7) is 0.700. The summed E-state index contributed by atoms with van der Waals surface area (Å²) in [4.78, 5) is 45.3. The van der Waals surface area contributed by atoms with Gasteiger partial charge in [0, 0.05) is 27.2 Å². The summed E-state index contributed by atoms with van der Waals surface area (Å²) in [6, 6.07) is 19.0. The highest BCUT2D eigenvalue weighted by Gasteiger charge is 2.74. The minimum atomic E-state index is -1.16. The van der Waals surface area contributed by atoms with Crippen molar-refractivity contribution in [3.63, 3.8) is 0 Å². The van der Waals surface area contributed by atoms with E-state index in [1.807, 2.05) is 60.7 Å². The van der Waals surface area contributed by atoms with Crippen LogP contribution in [0.3, 0.4) is 0 Å². The van der Waals surface area contributed by atoms with E-state index < -0.39 is 17.4 Å². The van der Waals surface area contributed by atoms with Crippen LogP contribution < -0.4 is 10.2 Å². The largest absolute Gasteiger partial charge is 0.324 e. The van der Waals surface area contributed by atoms with E-state index in [4.69, 9.17) is 0 Å². The van der Waals surface area contributed by atoms with Gasteiger partial charge in [0.2, 0.25) is 17.7 Å². The molecule has 0 radical (unpaired) electrons. The number of rotatable bonds is 1. The number of halogens is 1. The quantitative estimate of drug-likeness (QED) is 0.511. The van der Waals surface area contributed by atoms with Gasteiger partial charge in [-0.3, -0.25) is 19.3 Å². The second-order valence-electron chi connectivity index (χ2n) is 9.33. The van der Waals surface area contributed by atoms with Crippen LogP contribution >= 0.6 is 15.9 Å². The zero-order valence-corrected chi connectivity index (χ0v) is 19.2. The number of amides is 3. The first-order valence-corrected chi connectivity index (χ1v) is 12.1. The maximum absolute atomic E-state index is 14.2. The van der Waals surface area contributed by atoms with Gasteiger partial charge in [0.1, 0.15) is 5.54 Å². The number of hydrogen-bond donors (Lipinski definition) is 1. The van der Waals surface area contributed by atoms with E-state index in [-0.39, 0.29) is 23.8 Å². The normalized spacial score (nSPS) is 30.3. The number of carbonyl (C=O) groups is 3. The highest BCUT2D eigenvalue weighted by molar-refractivity contribution is 9.10. The number of fused-ring (bicyclic) bond motifs is 8. The topological polar surface area (TPSA) is 69.7 Å². The average Bonchev–Trinajstić information content (AvgIpc) is 3.52. The fraction of sp³-hybridized carbons (Fsp3) is 0.269. The molecule has 0 aromatic heterocycles. The Bertz CT molecular complexity index is 1400. The zero-order chi connectivity index (χ0) is 22.5. The van der Waals surface area contributed by atoms with Gasteiger partial charge in [-0.1, -0.05) is 52.3 Å². The lowest BCUT2D eigenvalue weighted by Gasteiger charge is -2.36. The Morgan fingerprint density at radius 1 is 0.970 bits per heavy atom. The molecule has 0 saturated carbocycles. The lowest BCUT2D eigenvalue weighted by molar-refractivity contribution is -0.135. The molecular weight excluding hydrogens is 482 g/mol. The predicted molar refractivity (Wildman–Crippen MR) is 128 cm³/mol. The lowest BCUT2D eigenvalue weighted by Crippen LogP contribution is -2.54. The van der Waals surface area contributed by atoms with E-state index in [0.29, 0.717) is 12.2 Å². The molecule has 0 unspecified atom stereocenters. The van der Waals surface area contributed by atoms with Crippen molar-refractivity contribution in [2.45, 2.75) is 24.4 Å². The highest BCUT2D eigenvalue weighted by atomic mass is 79.9. The maximum Gasteiger partial charge on any atom is 0.250 e. The molecule has 4 heterocycles. The van der Waals surface area contributed by atoms with Crippen molar-refractivity contribution < 1.29 is 14.4 Å². The third-order valence-corrected chi connectivity index (χ3v) is 8.46. The van der Waals surface area contributed by atoms with Crippen molar-refractivity contribution >= 4 is 55.8 Å². The molecule has 4 aliphatic rings. The number of carbonyl (C=O) groups excluding carboxylic acids is 3. The SMILES string of the molecule is O=C1[C@H]2[C@H]3CCCN3[C@@]3(C(=O)Nc4ccc(Br)cc43)[C@@H]2C(=O)N1c1cccc2ccccc12. The molecule has 1 spiro atoms. The van der Waals surface area contributed by atoms with E-state index in [1.54, 1.807) is 0 Å². The summed E-state index contributed by atoms with van der Waals surface area (Å²) in [5, 5.41) is 4.85. The Morgan fingerprint density at radius 3 is 2.67 bits per heavy atom. The monoisotopic (exact) mass is 501 g/mol. The molecule has 0 aliphatic carbocycles. The van der Waals surface area contributed by atoms with Crippen LogP contribution in [0.5, 0.6) is 0 Å². The standard InChI is InChI=1S/C26H20BrN3O3/c27-15-10-11-18-17(13-15)26(25(33)28-18)22-21(20-9-4-12-29(20)26)23(31)30(24(22)32)19-8-3-6-14-5-1-2-7-16(14)19/h1-3,5-8,10-11,13,20-22H,4,9,12H2,(H,28,33)/t20-,21+,22+,26-/m1/s1. The van der Waals surface area contributed by atoms with Crippen LogP contribution in [0.1, 0.15) is 18.4 Å². The Kier molecular flexibility index (Phi) is 3.84. The molecule has 164 valence electrons. The molecule has 7 heteroatoms. The second kappa shape index (κ2) is 6.52. The molecule has 6 nitrogen and oxygen atoms in total. The van der Waals surface area contributed by atoms with Gasteiger partial charge in [-0.15, -0.1) is 0 Å². The molecule has 3 fully saturated rings. The molecule has 7 rings (SSSR count). The smallest absolute Gasteiger partial charge is 0.250 e. The Hall–Kier alpha value is -3.03. The van der Waals surface area contributed by atoms with Crippen molar-refractivity contribution in [3.8, 4) is 0 Å². The van der Waals surface area contributed by atoms with Crippen LogP contribution in [-0.2, 0) is 19.9 Å². The molecule has 3 saturated heterocycles. The molecule has 3 aromatic carbocycles. The van der Waals surface area contributed by atoms with Gasteiger partial charge in [0.05, 0.1) is 17.5 Å². The fourth-order valence-electron chi connectivity index (χ4n) is 6.82. The first kappa shape index (κ1) is 19.4. The summed E-state index contributed by atoms with van der Waals surface area (Å²) >= 11 is 3.54. The Balaban J connectivity index is 1.46. The van der Waals surface area contributed by atoms with Crippen LogP contribution in [0.25, 0.3) is 10.8 Å². The average molecular weight is 502 g/mol. The maximum atomic E-state index is 14.2. The van der Waals surface area contributed by atoms with Crippen LogP contribution in [0.2, 0.25) is 0 Å². The van der Waals surface area contributed by atoms with E-state index in [2.05, 4.69) is 26.1 Å². The van der Waals surface area contributed by atoms with E-state index in [9.17, 15) is 14.4 Å². The number of anilines is 2. The van der Waals surface area contributed by atoms with Crippen molar-refractivity contribution in [1.29, 1.82) is 0 Å². The zero-order valence-electron chi connectivity index (χ0n) is 17.6. The third kappa shape index (κ3) is 2.24. The van der Waals surface area contributed by atoms with Gasteiger partial charge in [-0.2, -0.15) is 0 Å². The van der Waals surface area contributed by atoms with E-state index in [0.717, 1.165) is 39.3 Å². The first-order valence-electron chi connectivity index (χ1n) is 11.3. The van der Waals surface area contributed by atoms with Crippen molar-refractivity contribution in [1.82, 2.24) is 4.90 Å². The van der Waals surface area contributed by atoms with Gasteiger partial charge >= 0.3 is 0 Å². The van der Waals surface area contributed by atoms with Crippen LogP contribution in [-0.4, -0.2) is 35.2 Å². The number of nitrogens with zero attached hydrogens (tertiary/aromatic N) is 2. The van der Waals surface area contributed by atoms with Crippen LogP contribution in [0.15, 0.2) is 65.1 Å². The third-order valence-electron chi connectivity index (χ3n) is 7.96. The number of hydrogen-bond acceptors (Lipinski definition) is 4.